The number of nitrogens with one attached hydrogen (secondary N) is 1. The predicted octanol–water partition coefficient (Wildman–Crippen LogP) is 9.24. The van der Waals surface area contributed by atoms with Crippen LogP contribution in [0.5, 0.6) is 0 Å². The summed E-state index contributed by atoms with van der Waals surface area (Å²) in [4.78, 5) is 10.4. The van der Waals surface area contributed by atoms with Crippen molar-refractivity contribution in [2.45, 2.75) is 154 Å². The summed E-state index contributed by atoms with van der Waals surface area (Å²) in [5.41, 5.74) is 0. The summed E-state index contributed by atoms with van der Waals surface area (Å²) in [6.45, 7) is 0.974. The number of rotatable bonds is 26. The lowest BCUT2D eigenvalue weighted by Gasteiger charge is -2.05. The van der Waals surface area contributed by atoms with Gasteiger partial charge < -0.3 is 10.4 Å². The Morgan fingerprint density at radius 3 is 1.03 bits per heavy atom. The van der Waals surface area contributed by atoms with E-state index in [-0.39, 0.29) is 0 Å². The molecule has 0 heterocycles. The summed E-state index contributed by atoms with van der Waals surface area (Å²) < 4.78 is 0.618. The molecule has 0 aliphatic carbocycles. The first kappa shape index (κ1) is 31.7. The van der Waals surface area contributed by atoms with Gasteiger partial charge in [-0.15, -0.1) is 12.6 Å². The number of unbranched alkanes of at least 4 members (excludes halogenated alkanes) is 22. The van der Waals surface area contributed by atoms with Gasteiger partial charge in [0.25, 0.3) is 0 Å². The molecule has 0 radical (unpaired) electrons. The van der Waals surface area contributed by atoms with Gasteiger partial charge in [0.05, 0.1) is 0 Å². The van der Waals surface area contributed by atoms with Gasteiger partial charge in [-0.2, -0.15) is 0 Å². The molecule has 0 aliphatic rings. The highest BCUT2D eigenvalue weighted by atomic mass is 32.1. The number of aliphatic carboxylic acids is 1. The molecule has 0 rings (SSSR count). The van der Waals surface area contributed by atoms with Crippen molar-refractivity contribution in [2.75, 3.05) is 6.54 Å². The van der Waals surface area contributed by atoms with Gasteiger partial charge in [0.15, 0.2) is 0 Å². The van der Waals surface area contributed by atoms with Gasteiger partial charge >= 0.3 is 5.97 Å². The molecule has 0 saturated carbocycles. The van der Waals surface area contributed by atoms with Crippen molar-refractivity contribution in [3.05, 3.63) is 0 Å². The Kier molecular flexibility index (Phi) is 26.7. The lowest BCUT2D eigenvalue weighted by atomic mass is 10.0. The number of carboxylic acid groups (broad SMARTS) is 1. The minimum absolute atomic E-state index is 0.341. The van der Waals surface area contributed by atoms with Crippen molar-refractivity contribution in [1.82, 2.24) is 5.32 Å². The third kappa shape index (κ3) is 29.7. The topological polar surface area (TPSA) is 49.3 Å². The lowest BCUT2D eigenvalue weighted by Crippen LogP contribution is -2.17. The summed E-state index contributed by atoms with van der Waals surface area (Å²) in [7, 11) is 0. The highest BCUT2D eigenvalue weighted by Gasteiger charge is 1.98. The van der Waals surface area contributed by atoms with Crippen LogP contribution in [0.4, 0.5) is 0 Å². The molecule has 0 unspecified atom stereocenters. The van der Waals surface area contributed by atoms with E-state index in [9.17, 15) is 4.79 Å². The zero-order chi connectivity index (χ0) is 23.5. The molecule has 0 bridgehead atoms. The minimum atomic E-state index is -0.654. The van der Waals surface area contributed by atoms with Crippen molar-refractivity contribution in [3.8, 4) is 0 Å². The molecule has 0 spiro atoms. The monoisotopic (exact) mass is 487 g/mol. The highest BCUT2D eigenvalue weighted by molar-refractivity contribution is 8.11. The molecule has 0 amide bonds. The fourth-order valence-electron chi connectivity index (χ4n) is 4.31. The molecular weight excluding hydrogens is 434 g/mol. The average molecular weight is 488 g/mol. The smallest absolute Gasteiger partial charge is 0.303 e. The molecule has 0 saturated heterocycles. The van der Waals surface area contributed by atoms with E-state index in [0.29, 0.717) is 10.7 Å². The van der Waals surface area contributed by atoms with Crippen molar-refractivity contribution in [3.63, 3.8) is 0 Å². The van der Waals surface area contributed by atoms with Crippen LogP contribution in [-0.2, 0) is 4.79 Å². The van der Waals surface area contributed by atoms with E-state index in [2.05, 4.69) is 17.9 Å². The molecule has 0 aromatic carbocycles. The Bertz CT molecular complexity index is 380. The van der Waals surface area contributed by atoms with Crippen LogP contribution in [0.25, 0.3) is 0 Å². The summed E-state index contributed by atoms with van der Waals surface area (Å²) >= 11 is 8.95. The van der Waals surface area contributed by atoms with Crippen LogP contribution in [0.3, 0.4) is 0 Å². The molecule has 32 heavy (non-hydrogen) atoms. The van der Waals surface area contributed by atoms with E-state index in [4.69, 9.17) is 17.3 Å². The summed E-state index contributed by atoms with van der Waals surface area (Å²) in [6.07, 6.45) is 31.2. The first-order valence-corrected chi connectivity index (χ1v) is 14.7. The molecule has 0 aromatic heterocycles. The Labute approximate surface area is 210 Å². The van der Waals surface area contributed by atoms with Crippen molar-refractivity contribution in [1.29, 1.82) is 0 Å². The number of carbonyl (C=O) groups is 1. The SMILES string of the molecule is O=C(O)CCCCCCCCCCCCCCCCCCCCCCCCCNC(=S)S. The molecule has 5 heteroatoms. The molecule has 3 nitrogen and oxygen atoms in total. The number of hydrogen-bond acceptors (Lipinski definition) is 2. The summed E-state index contributed by atoms with van der Waals surface area (Å²) in [5, 5.41) is 11.7. The van der Waals surface area contributed by atoms with E-state index in [0.717, 1.165) is 19.4 Å². The van der Waals surface area contributed by atoms with Gasteiger partial charge in [0, 0.05) is 13.0 Å². The zero-order valence-corrected chi connectivity index (χ0v) is 22.6. The molecule has 0 atom stereocenters. The van der Waals surface area contributed by atoms with Gasteiger partial charge in [-0.05, 0) is 12.8 Å². The quantitative estimate of drug-likeness (QED) is 0.0646. The molecular formula is C27H53NO2S2. The van der Waals surface area contributed by atoms with Crippen LogP contribution >= 0.6 is 24.8 Å². The lowest BCUT2D eigenvalue weighted by molar-refractivity contribution is -0.137. The summed E-state index contributed by atoms with van der Waals surface area (Å²) in [6, 6.07) is 0. The maximum Gasteiger partial charge on any atom is 0.303 e. The van der Waals surface area contributed by atoms with Gasteiger partial charge in [-0.25, -0.2) is 0 Å². The maximum atomic E-state index is 10.4. The number of hydrogen-bond donors (Lipinski definition) is 3. The Morgan fingerprint density at radius 2 is 0.781 bits per heavy atom. The third-order valence-corrected chi connectivity index (χ3v) is 6.65. The highest BCUT2D eigenvalue weighted by Crippen LogP contribution is 2.15. The molecule has 2 N–H and O–H groups in total. The summed E-state index contributed by atoms with van der Waals surface area (Å²) in [5.74, 6) is -0.654. The van der Waals surface area contributed by atoms with Crippen LogP contribution in [0, 0.1) is 0 Å². The minimum Gasteiger partial charge on any atom is -0.481 e. The fourth-order valence-corrected chi connectivity index (χ4v) is 4.52. The van der Waals surface area contributed by atoms with E-state index >= 15 is 0 Å². The van der Waals surface area contributed by atoms with E-state index in [1.165, 1.54) is 135 Å². The Hall–Kier alpha value is -0.290. The van der Waals surface area contributed by atoms with E-state index < -0.39 is 5.97 Å². The van der Waals surface area contributed by atoms with E-state index in [1.54, 1.807) is 0 Å². The van der Waals surface area contributed by atoms with Gasteiger partial charge in [0.2, 0.25) is 0 Å². The van der Waals surface area contributed by atoms with Gasteiger partial charge in [-0.3, -0.25) is 4.79 Å². The number of thiocarbonyl (C=S) groups is 1. The van der Waals surface area contributed by atoms with Crippen LogP contribution in [0.2, 0.25) is 0 Å². The van der Waals surface area contributed by atoms with Crippen LogP contribution in [-0.4, -0.2) is 21.9 Å². The largest absolute Gasteiger partial charge is 0.481 e. The normalized spacial score (nSPS) is 11.0. The van der Waals surface area contributed by atoms with Crippen LogP contribution in [0.15, 0.2) is 0 Å². The van der Waals surface area contributed by atoms with Crippen LogP contribution in [0.1, 0.15) is 154 Å². The molecule has 190 valence electrons. The second kappa shape index (κ2) is 27.0. The third-order valence-electron chi connectivity index (χ3n) is 6.34. The van der Waals surface area contributed by atoms with Crippen molar-refractivity contribution in [2.24, 2.45) is 0 Å². The zero-order valence-electron chi connectivity index (χ0n) is 20.9. The average Bonchev–Trinajstić information content (AvgIpc) is 2.75. The second-order valence-corrected chi connectivity index (χ2v) is 10.7. The van der Waals surface area contributed by atoms with Crippen molar-refractivity contribution < 1.29 is 9.90 Å². The fraction of sp³-hybridized carbons (Fsp3) is 0.926. The maximum absolute atomic E-state index is 10.4. The number of thiol groups is 1. The molecule has 0 fully saturated rings. The first-order valence-electron chi connectivity index (χ1n) is 13.8. The Balaban J connectivity index is 3.02. The first-order chi connectivity index (χ1) is 15.6. The molecule has 0 aromatic rings. The van der Waals surface area contributed by atoms with Gasteiger partial charge in [0.1, 0.15) is 4.32 Å². The molecule has 0 aliphatic heterocycles. The predicted molar refractivity (Wildman–Crippen MR) is 148 cm³/mol. The van der Waals surface area contributed by atoms with Crippen LogP contribution < -0.4 is 5.32 Å². The second-order valence-electron chi connectivity index (χ2n) is 9.51. The van der Waals surface area contributed by atoms with Crippen molar-refractivity contribution >= 4 is 35.1 Å². The van der Waals surface area contributed by atoms with Gasteiger partial charge in [-0.1, -0.05) is 147 Å². The standard InChI is InChI=1S/C27H53NO2S2/c29-26(30)24-22-20-18-16-14-12-10-8-6-4-2-1-3-5-7-9-11-13-15-17-19-21-23-25-28-27(31)32/h1-25H2,(H,29,30)(H2,28,31,32). The number of carboxylic acids is 1. The van der Waals surface area contributed by atoms with E-state index in [1.807, 2.05) is 0 Å². The Morgan fingerprint density at radius 1 is 0.531 bits per heavy atom.